The zero-order valence-electron chi connectivity index (χ0n) is 12.4. The van der Waals surface area contributed by atoms with Crippen LogP contribution in [0.2, 0.25) is 0 Å². The average molecular weight is 246 g/mol. The smallest absolute Gasteiger partial charge is 0.0408 e. The molecule has 1 unspecified atom stereocenters. The largest absolute Gasteiger partial charge is 0.345 e. The fourth-order valence-electron chi connectivity index (χ4n) is 3.03. The highest BCUT2D eigenvalue weighted by Gasteiger charge is 2.32. The van der Waals surface area contributed by atoms with Crippen molar-refractivity contribution < 1.29 is 0 Å². The third kappa shape index (κ3) is 2.54. The molecule has 1 aliphatic rings. The average Bonchev–Trinajstić information content (AvgIpc) is 2.50. The molecule has 0 radical (unpaired) electrons. The molecule has 1 aromatic rings. The van der Waals surface area contributed by atoms with E-state index in [1.807, 2.05) is 0 Å². The van der Waals surface area contributed by atoms with E-state index in [4.69, 9.17) is 5.73 Å². The van der Waals surface area contributed by atoms with Crippen molar-refractivity contribution >= 4 is 0 Å². The molecule has 0 aliphatic heterocycles. The van der Waals surface area contributed by atoms with E-state index in [0.717, 1.165) is 19.4 Å². The Hall–Kier alpha value is -1.02. The van der Waals surface area contributed by atoms with Gasteiger partial charge in [0.1, 0.15) is 0 Å². The van der Waals surface area contributed by atoms with E-state index in [9.17, 15) is 0 Å². The number of hydrogen-bond donors (Lipinski definition) is 1. The molecule has 2 N–H and O–H groups in total. The minimum absolute atomic E-state index is 0.204. The molecule has 0 aromatic carbocycles. The Labute approximate surface area is 111 Å². The maximum atomic E-state index is 6.33. The maximum Gasteiger partial charge on any atom is 0.0408 e. The number of allylic oxidation sites excluding steroid dienone is 2. The lowest BCUT2D eigenvalue weighted by atomic mass is 9.74. The minimum Gasteiger partial charge on any atom is -0.345 e. The third-order valence-electron chi connectivity index (χ3n) is 3.95. The van der Waals surface area contributed by atoms with Gasteiger partial charge in [0.05, 0.1) is 0 Å². The first-order valence-electron chi connectivity index (χ1n) is 6.88. The van der Waals surface area contributed by atoms with Gasteiger partial charge < -0.3 is 10.3 Å². The molecule has 0 saturated carbocycles. The van der Waals surface area contributed by atoms with Crippen LogP contribution < -0.4 is 5.73 Å². The lowest BCUT2D eigenvalue weighted by molar-refractivity contribution is 0.276. The molecule has 0 amide bonds. The summed E-state index contributed by atoms with van der Waals surface area (Å²) in [5.41, 5.74) is 12.2. The highest BCUT2D eigenvalue weighted by Crippen LogP contribution is 2.40. The van der Waals surface area contributed by atoms with Crippen LogP contribution in [0.4, 0.5) is 0 Å². The molecule has 18 heavy (non-hydrogen) atoms. The van der Waals surface area contributed by atoms with Crippen LogP contribution in [0.15, 0.2) is 17.7 Å². The van der Waals surface area contributed by atoms with Crippen molar-refractivity contribution in [2.45, 2.75) is 60.0 Å². The molecule has 1 heterocycles. The topological polar surface area (TPSA) is 30.9 Å². The molecule has 100 valence electrons. The first kappa shape index (κ1) is 13.4. The van der Waals surface area contributed by atoms with Gasteiger partial charge in [-0.15, -0.1) is 0 Å². The summed E-state index contributed by atoms with van der Waals surface area (Å²) in [4.78, 5) is 0. The molecule has 0 bridgehead atoms. The number of nitrogens with two attached hydrogens (primary N) is 1. The Morgan fingerprint density at radius 1 is 1.50 bits per heavy atom. The van der Waals surface area contributed by atoms with Crippen LogP contribution in [0, 0.1) is 12.3 Å². The van der Waals surface area contributed by atoms with Gasteiger partial charge in [-0.2, -0.15) is 0 Å². The summed E-state index contributed by atoms with van der Waals surface area (Å²) >= 11 is 0. The first-order valence-corrected chi connectivity index (χ1v) is 6.88. The van der Waals surface area contributed by atoms with Crippen LogP contribution in [-0.2, 0) is 13.0 Å². The van der Waals surface area contributed by atoms with E-state index in [1.165, 1.54) is 22.5 Å². The second kappa shape index (κ2) is 4.58. The van der Waals surface area contributed by atoms with Crippen molar-refractivity contribution in [3.8, 4) is 0 Å². The Morgan fingerprint density at radius 2 is 2.17 bits per heavy atom. The number of fused-ring (bicyclic) bond motifs is 1. The van der Waals surface area contributed by atoms with Gasteiger partial charge >= 0.3 is 0 Å². The molecule has 0 spiro atoms. The Balaban J connectivity index is 2.41. The van der Waals surface area contributed by atoms with E-state index in [1.54, 1.807) is 0 Å². The lowest BCUT2D eigenvalue weighted by Crippen LogP contribution is -2.30. The number of rotatable bonds is 2. The summed E-state index contributed by atoms with van der Waals surface area (Å²) in [5, 5.41) is 0. The molecule has 2 rings (SSSR count). The van der Waals surface area contributed by atoms with Crippen LogP contribution in [-0.4, -0.2) is 4.57 Å². The zero-order chi connectivity index (χ0) is 13.5. The molecular weight excluding hydrogens is 220 g/mol. The van der Waals surface area contributed by atoms with Gasteiger partial charge in [0.15, 0.2) is 0 Å². The third-order valence-corrected chi connectivity index (χ3v) is 3.95. The fraction of sp³-hybridized carbons (Fsp3) is 0.625. The summed E-state index contributed by atoms with van der Waals surface area (Å²) in [6.45, 7) is 12.1. The van der Waals surface area contributed by atoms with Gasteiger partial charge in [0, 0.05) is 24.0 Å². The van der Waals surface area contributed by atoms with E-state index in [0.29, 0.717) is 5.41 Å². The second-order valence-electron chi connectivity index (χ2n) is 6.73. The quantitative estimate of drug-likeness (QED) is 0.792. The highest BCUT2D eigenvalue weighted by molar-refractivity contribution is 5.34. The number of aromatic nitrogens is 1. The molecule has 1 atom stereocenters. The van der Waals surface area contributed by atoms with Crippen LogP contribution >= 0.6 is 0 Å². The fourth-order valence-corrected chi connectivity index (χ4v) is 3.03. The van der Waals surface area contributed by atoms with Gasteiger partial charge in [0.25, 0.3) is 0 Å². The normalized spacial score (nSPS) is 21.6. The number of nitrogens with zero attached hydrogens (tertiary/aromatic N) is 1. The van der Waals surface area contributed by atoms with Crippen molar-refractivity contribution in [1.82, 2.24) is 4.57 Å². The number of hydrogen-bond acceptors (Lipinski definition) is 1. The van der Waals surface area contributed by atoms with Gasteiger partial charge in [0.2, 0.25) is 0 Å². The molecule has 0 fully saturated rings. The molecule has 2 nitrogen and oxygen atoms in total. The summed E-state index contributed by atoms with van der Waals surface area (Å²) < 4.78 is 2.43. The van der Waals surface area contributed by atoms with Gasteiger partial charge in [-0.3, -0.25) is 0 Å². The first-order chi connectivity index (χ1) is 8.30. The standard InChI is InChI=1S/C16H26N2/c1-11(2)6-7-18-12(3)8-13-14(17)9-16(4,5)10-15(13)18/h6,8,14H,7,9-10,17H2,1-5H3. The van der Waals surface area contributed by atoms with E-state index in [-0.39, 0.29) is 6.04 Å². The van der Waals surface area contributed by atoms with Gasteiger partial charge in [-0.05, 0) is 50.7 Å². The molecular formula is C16H26N2. The van der Waals surface area contributed by atoms with Crippen molar-refractivity contribution in [2.24, 2.45) is 11.1 Å². The predicted octanol–water partition coefficient (Wildman–Crippen LogP) is 3.73. The van der Waals surface area contributed by atoms with Gasteiger partial charge in [-0.1, -0.05) is 25.5 Å². The summed E-state index contributed by atoms with van der Waals surface area (Å²) in [6, 6.07) is 2.49. The van der Waals surface area contributed by atoms with Gasteiger partial charge in [-0.25, -0.2) is 0 Å². The molecule has 0 saturated heterocycles. The number of aryl methyl sites for hydroxylation is 1. The summed E-state index contributed by atoms with van der Waals surface area (Å²) in [5.74, 6) is 0. The van der Waals surface area contributed by atoms with Crippen LogP contribution in [0.3, 0.4) is 0 Å². The van der Waals surface area contributed by atoms with Crippen LogP contribution in [0.5, 0.6) is 0 Å². The molecule has 1 aromatic heterocycles. The predicted molar refractivity (Wildman–Crippen MR) is 77.6 cm³/mol. The van der Waals surface area contributed by atoms with E-state index in [2.05, 4.69) is 51.3 Å². The Kier molecular flexibility index (Phi) is 3.41. The zero-order valence-corrected chi connectivity index (χ0v) is 12.4. The summed E-state index contributed by atoms with van der Waals surface area (Å²) in [7, 11) is 0. The van der Waals surface area contributed by atoms with E-state index >= 15 is 0 Å². The lowest BCUT2D eigenvalue weighted by Gasteiger charge is -2.34. The Morgan fingerprint density at radius 3 is 2.78 bits per heavy atom. The van der Waals surface area contributed by atoms with Crippen LogP contribution in [0.1, 0.15) is 57.1 Å². The highest BCUT2D eigenvalue weighted by atomic mass is 15.0. The van der Waals surface area contributed by atoms with Crippen molar-refractivity contribution in [3.05, 3.63) is 34.7 Å². The van der Waals surface area contributed by atoms with Crippen LogP contribution in [0.25, 0.3) is 0 Å². The second-order valence-corrected chi connectivity index (χ2v) is 6.73. The minimum atomic E-state index is 0.204. The SMILES string of the molecule is CC(C)=CCn1c(C)cc2c1CC(C)(C)CC2N. The van der Waals surface area contributed by atoms with Crippen molar-refractivity contribution in [1.29, 1.82) is 0 Å². The molecule has 1 aliphatic carbocycles. The Bertz CT molecular complexity index is 474. The monoisotopic (exact) mass is 246 g/mol. The van der Waals surface area contributed by atoms with E-state index < -0.39 is 0 Å². The molecule has 2 heteroatoms. The summed E-state index contributed by atoms with van der Waals surface area (Å²) in [6.07, 6.45) is 4.52. The van der Waals surface area contributed by atoms with Crippen molar-refractivity contribution in [3.63, 3.8) is 0 Å². The van der Waals surface area contributed by atoms with Crippen molar-refractivity contribution in [2.75, 3.05) is 0 Å². The maximum absolute atomic E-state index is 6.33.